The minimum Gasteiger partial charge on any atom is -0.370 e. The number of hydrogen-bond donors (Lipinski definition) is 2. The van der Waals surface area contributed by atoms with E-state index in [4.69, 9.17) is 4.74 Å². The minimum atomic E-state index is -0.305. The number of aromatic amines is 1. The fourth-order valence-electron chi connectivity index (χ4n) is 2.19. The predicted molar refractivity (Wildman–Crippen MR) is 67.8 cm³/mol. The molecule has 100 valence electrons. The van der Waals surface area contributed by atoms with Crippen LogP contribution in [0.1, 0.15) is 12.1 Å². The first-order valence-electron chi connectivity index (χ1n) is 6.32. The Hall–Kier alpha value is -1.79. The van der Waals surface area contributed by atoms with E-state index in [9.17, 15) is 4.39 Å². The largest absolute Gasteiger partial charge is 0.370 e. The molecule has 2 N–H and O–H groups in total. The van der Waals surface area contributed by atoms with Crippen LogP contribution >= 0.6 is 0 Å². The molecule has 1 aliphatic rings. The van der Waals surface area contributed by atoms with E-state index in [2.05, 4.69) is 20.7 Å². The van der Waals surface area contributed by atoms with E-state index in [0.29, 0.717) is 23.6 Å². The number of H-pyrrole nitrogens is 1. The van der Waals surface area contributed by atoms with Gasteiger partial charge in [0.05, 0.1) is 18.4 Å². The van der Waals surface area contributed by atoms with E-state index in [1.807, 2.05) is 0 Å². The number of ether oxygens (including phenoxy) is 1. The van der Waals surface area contributed by atoms with Crippen molar-refractivity contribution in [2.45, 2.75) is 19.1 Å². The molecule has 1 saturated heterocycles. The molecule has 6 heteroatoms. The van der Waals surface area contributed by atoms with Crippen molar-refractivity contribution in [1.29, 1.82) is 0 Å². The van der Waals surface area contributed by atoms with E-state index < -0.39 is 0 Å². The van der Waals surface area contributed by atoms with Crippen molar-refractivity contribution in [3.8, 4) is 11.3 Å². The summed E-state index contributed by atoms with van der Waals surface area (Å²) in [4.78, 5) is 0. The lowest BCUT2D eigenvalue weighted by atomic mass is 10.1. The van der Waals surface area contributed by atoms with Gasteiger partial charge in [0.15, 0.2) is 0 Å². The molecule has 1 unspecified atom stereocenters. The number of aromatic nitrogens is 3. The first-order valence-corrected chi connectivity index (χ1v) is 6.32. The Morgan fingerprint density at radius 2 is 2.26 bits per heavy atom. The summed E-state index contributed by atoms with van der Waals surface area (Å²) in [6.07, 6.45) is 1.20. The van der Waals surface area contributed by atoms with Gasteiger partial charge in [0, 0.05) is 12.1 Å². The Labute approximate surface area is 110 Å². The van der Waals surface area contributed by atoms with Gasteiger partial charge in [-0.3, -0.25) is 5.10 Å². The third-order valence-corrected chi connectivity index (χ3v) is 3.23. The minimum absolute atomic E-state index is 0.205. The Kier molecular flexibility index (Phi) is 3.52. The first-order chi connectivity index (χ1) is 9.34. The van der Waals surface area contributed by atoms with Crippen LogP contribution in [0.15, 0.2) is 24.3 Å². The molecule has 1 aromatic heterocycles. The van der Waals surface area contributed by atoms with Crippen LogP contribution in [-0.4, -0.2) is 34.6 Å². The zero-order chi connectivity index (χ0) is 13.1. The van der Waals surface area contributed by atoms with Crippen LogP contribution in [-0.2, 0) is 11.3 Å². The molecule has 0 bridgehead atoms. The highest BCUT2D eigenvalue weighted by Crippen LogP contribution is 2.23. The first kappa shape index (κ1) is 12.3. The van der Waals surface area contributed by atoms with E-state index in [0.717, 1.165) is 19.5 Å². The molecule has 0 saturated carbocycles. The molecule has 19 heavy (non-hydrogen) atoms. The van der Waals surface area contributed by atoms with Crippen molar-refractivity contribution < 1.29 is 9.13 Å². The average Bonchev–Trinajstić information content (AvgIpc) is 3.08. The molecule has 2 heterocycles. The highest BCUT2D eigenvalue weighted by molar-refractivity contribution is 5.61. The SMILES string of the molecule is Fc1ccccc1-c1nn[nH]c1COC1CCNC1. The lowest BCUT2D eigenvalue weighted by Gasteiger charge is -2.10. The highest BCUT2D eigenvalue weighted by atomic mass is 19.1. The van der Waals surface area contributed by atoms with Crippen molar-refractivity contribution >= 4 is 0 Å². The van der Waals surface area contributed by atoms with Crippen LogP contribution in [0.25, 0.3) is 11.3 Å². The second-order valence-electron chi connectivity index (χ2n) is 4.54. The summed E-state index contributed by atoms with van der Waals surface area (Å²) in [5.74, 6) is -0.305. The molecule has 1 aromatic carbocycles. The number of halogens is 1. The van der Waals surface area contributed by atoms with Crippen LogP contribution in [0.4, 0.5) is 4.39 Å². The Morgan fingerprint density at radius 1 is 1.37 bits per heavy atom. The second kappa shape index (κ2) is 5.46. The van der Waals surface area contributed by atoms with Gasteiger partial charge in [-0.25, -0.2) is 4.39 Å². The number of benzene rings is 1. The zero-order valence-corrected chi connectivity index (χ0v) is 10.4. The standard InChI is InChI=1S/C13H15FN4O/c14-11-4-2-1-3-10(11)13-12(16-18-17-13)8-19-9-5-6-15-7-9/h1-4,9,15H,5-8H2,(H,16,17,18). The summed E-state index contributed by atoms with van der Waals surface area (Å²) in [5.41, 5.74) is 1.67. The monoisotopic (exact) mass is 262 g/mol. The van der Waals surface area contributed by atoms with Gasteiger partial charge in [0.2, 0.25) is 0 Å². The lowest BCUT2D eigenvalue weighted by Crippen LogP contribution is -2.16. The van der Waals surface area contributed by atoms with Gasteiger partial charge in [-0.2, -0.15) is 0 Å². The molecule has 1 aliphatic heterocycles. The molecule has 0 spiro atoms. The van der Waals surface area contributed by atoms with Crippen LogP contribution in [0, 0.1) is 5.82 Å². The van der Waals surface area contributed by atoms with Gasteiger partial charge < -0.3 is 10.1 Å². The topological polar surface area (TPSA) is 62.8 Å². The smallest absolute Gasteiger partial charge is 0.132 e. The third kappa shape index (κ3) is 2.64. The molecular weight excluding hydrogens is 247 g/mol. The van der Waals surface area contributed by atoms with E-state index >= 15 is 0 Å². The van der Waals surface area contributed by atoms with Gasteiger partial charge in [-0.05, 0) is 25.1 Å². The molecule has 0 radical (unpaired) electrons. The van der Waals surface area contributed by atoms with Crippen LogP contribution in [0.3, 0.4) is 0 Å². The predicted octanol–water partition coefficient (Wildman–Crippen LogP) is 1.49. The van der Waals surface area contributed by atoms with Gasteiger partial charge in [0.25, 0.3) is 0 Å². The van der Waals surface area contributed by atoms with Crippen molar-refractivity contribution in [2.75, 3.05) is 13.1 Å². The molecule has 1 fully saturated rings. The zero-order valence-electron chi connectivity index (χ0n) is 10.4. The van der Waals surface area contributed by atoms with Crippen molar-refractivity contribution in [3.05, 3.63) is 35.8 Å². The van der Waals surface area contributed by atoms with Gasteiger partial charge in [-0.1, -0.05) is 17.3 Å². The molecule has 3 rings (SSSR count). The summed E-state index contributed by atoms with van der Waals surface area (Å²) in [6.45, 7) is 2.20. The summed E-state index contributed by atoms with van der Waals surface area (Å²) >= 11 is 0. The average molecular weight is 262 g/mol. The highest BCUT2D eigenvalue weighted by Gasteiger charge is 2.18. The number of rotatable bonds is 4. The molecule has 2 aromatic rings. The molecule has 0 aliphatic carbocycles. The molecule has 5 nitrogen and oxygen atoms in total. The second-order valence-corrected chi connectivity index (χ2v) is 4.54. The van der Waals surface area contributed by atoms with Crippen LogP contribution in [0.5, 0.6) is 0 Å². The van der Waals surface area contributed by atoms with Crippen molar-refractivity contribution in [2.24, 2.45) is 0 Å². The summed E-state index contributed by atoms with van der Waals surface area (Å²) in [6, 6.07) is 6.53. The Morgan fingerprint density at radius 3 is 3.05 bits per heavy atom. The Bertz CT molecular complexity index is 551. The number of hydrogen-bond acceptors (Lipinski definition) is 4. The molecule has 0 amide bonds. The van der Waals surface area contributed by atoms with Gasteiger partial charge in [0.1, 0.15) is 11.5 Å². The lowest BCUT2D eigenvalue weighted by molar-refractivity contribution is 0.0524. The quantitative estimate of drug-likeness (QED) is 0.876. The fourth-order valence-corrected chi connectivity index (χ4v) is 2.19. The van der Waals surface area contributed by atoms with Gasteiger partial charge >= 0.3 is 0 Å². The summed E-state index contributed by atoms with van der Waals surface area (Å²) in [7, 11) is 0. The maximum absolute atomic E-state index is 13.7. The van der Waals surface area contributed by atoms with E-state index in [1.165, 1.54) is 6.07 Å². The number of nitrogens with zero attached hydrogens (tertiary/aromatic N) is 2. The van der Waals surface area contributed by atoms with Gasteiger partial charge in [-0.15, -0.1) is 5.10 Å². The van der Waals surface area contributed by atoms with E-state index in [1.54, 1.807) is 18.2 Å². The van der Waals surface area contributed by atoms with Crippen LogP contribution in [0.2, 0.25) is 0 Å². The fraction of sp³-hybridized carbons (Fsp3) is 0.385. The van der Waals surface area contributed by atoms with E-state index in [-0.39, 0.29) is 11.9 Å². The maximum atomic E-state index is 13.7. The normalized spacial score (nSPS) is 18.9. The van der Waals surface area contributed by atoms with Crippen molar-refractivity contribution in [3.63, 3.8) is 0 Å². The summed E-state index contributed by atoms with van der Waals surface area (Å²) < 4.78 is 19.5. The Balaban J connectivity index is 1.76. The summed E-state index contributed by atoms with van der Waals surface area (Å²) in [5, 5.41) is 13.7. The third-order valence-electron chi connectivity index (χ3n) is 3.23. The van der Waals surface area contributed by atoms with Crippen molar-refractivity contribution in [1.82, 2.24) is 20.7 Å². The molecule has 1 atom stereocenters. The number of nitrogens with one attached hydrogen (secondary N) is 2. The maximum Gasteiger partial charge on any atom is 0.132 e. The van der Waals surface area contributed by atoms with Crippen LogP contribution < -0.4 is 5.32 Å². The molecular formula is C13H15FN4O.